The summed E-state index contributed by atoms with van der Waals surface area (Å²) >= 11 is 0. The monoisotopic (exact) mass is 386 g/mol. The Balaban J connectivity index is 1.52. The summed E-state index contributed by atoms with van der Waals surface area (Å²) in [7, 11) is -3.41. The summed E-state index contributed by atoms with van der Waals surface area (Å²) in [5.41, 5.74) is 2.42. The molecule has 6 heteroatoms. The zero-order chi connectivity index (χ0) is 19.1. The molecule has 0 aromatic heterocycles. The maximum absolute atomic E-state index is 12.3. The van der Waals surface area contributed by atoms with Crippen molar-refractivity contribution in [1.29, 1.82) is 0 Å². The predicted octanol–water partition coefficient (Wildman–Crippen LogP) is 3.23. The molecule has 1 fully saturated rings. The van der Waals surface area contributed by atoms with E-state index in [1.54, 1.807) is 12.1 Å². The zero-order valence-electron chi connectivity index (χ0n) is 15.4. The number of nitrogens with one attached hydrogen (secondary N) is 1. The first kappa shape index (κ1) is 19.4. The first-order valence-corrected chi connectivity index (χ1v) is 11.1. The number of benzene rings is 2. The zero-order valence-corrected chi connectivity index (χ0v) is 16.2. The van der Waals surface area contributed by atoms with E-state index < -0.39 is 10.0 Å². The van der Waals surface area contributed by atoms with Crippen LogP contribution in [0, 0.1) is 0 Å². The molecule has 0 bridgehead atoms. The van der Waals surface area contributed by atoms with E-state index in [1.165, 1.54) is 6.42 Å². The number of carbonyl (C=O) groups excluding carboxylic acids is 1. The van der Waals surface area contributed by atoms with Crippen LogP contribution in [-0.2, 0) is 27.7 Å². The van der Waals surface area contributed by atoms with Gasteiger partial charge in [0.05, 0.1) is 12.2 Å². The van der Waals surface area contributed by atoms with Crippen LogP contribution in [0.2, 0.25) is 0 Å². The van der Waals surface area contributed by atoms with Gasteiger partial charge in [0.15, 0.2) is 0 Å². The molecule has 1 amide bonds. The Hall–Kier alpha value is -2.34. The standard InChI is InChI=1S/C21H26N2O3S/c24-21(23-14-5-2-6-15-23)17-19-9-11-20(12-10-19)22-27(25,26)16-13-18-7-3-1-4-8-18/h1,3-4,7-12,22H,2,5-6,13-17H2. The molecular weight excluding hydrogens is 360 g/mol. The van der Waals surface area contributed by atoms with Crippen molar-refractivity contribution in [1.82, 2.24) is 4.90 Å². The molecule has 1 saturated heterocycles. The summed E-state index contributed by atoms with van der Waals surface area (Å²) in [5.74, 6) is 0.178. The molecule has 1 aliphatic heterocycles. The minimum atomic E-state index is -3.41. The van der Waals surface area contributed by atoms with Crippen LogP contribution >= 0.6 is 0 Å². The van der Waals surface area contributed by atoms with Crippen LogP contribution in [0.15, 0.2) is 54.6 Å². The van der Waals surface area contributed by atoms with E-state index in [9.17, 15) is 13.2 Å². The normalized spacial score (nSPS) is 14.7. The molecule has 27 heavy (non-hydrogen) atoms. The molecule has 2 aromatic rings. The van der Waals surface area contributed by atoms with Crippen molar-refractivity contribution in [2.45, 2.75) is 32.1 Å². The number of hydrogen-bond acceptors (Lipinski definition) is 3. The van der Waals surface area contributed by atoms with Crippen LogP contribution in [0.4, 0.5) is 5.69 Å². The Morgan fingerprint density at radius 1 is 0.889 bits per heavy atom. The van der Waals surface area contributed by atoms with Crippen molar-refractivity contribution in [2.24, 2.45) is 0 Å². The van der Waals surface area contributed by atoms with E-state index in [1.807, 2.05) is 47.4 Å². The smallest absolute Gasteiger partial charge is 0.233 e. The van der Waals surface area contributed by atoms with Crippen molar-refractivity contribution in [3.8, 4) is 0 Å². The van der Waals surface area contributed by atoms with E-state index in [2.05, 4.69) is 4.72 Å². The van der Waals surface area contributed by atoms with E-state index >= 15 is 0 Å². The summed E-state index contributed by atoms with van der Waals surface area (Å²) in [6, 6.07) is 16.6. The number of anilines is 1. The molecule has 0 saturated carbocycles. The molecule has 1 heterocycles. The Bertz CT molecular complexity index is 843. The van der Waals surface area contributed by atoms with Crippen LogP contribution < -0.4 is 4.72 Å². The van der Waals surface area contributed by atoms with E-state index in [-0.39, 0.29) is 11.7 Å². The maximum Gasteiger partial charge on any atom is 0.233 e. The number of nitrogens with zero attached hydrogens (tertiary/aromatic N) is 1. The fourth-order valence-corrected chi connectivity index (χ4v) is 4.35. The highest BCUT2D eigenvalue weighted by atomic mass is 32.2. The third-order valence-corrected chi connectivity index (χ3v) is 6.08. The Labute approximate surface area is 161 Å². The van der Waals surface area contributed by atoms with Crippen molar-refractivity contribution < 1.29 is 13.2 Å². The largest absolute Gasteiger partial charge is 0.342 e. The molecule has 1 aliphatic rings. The summed E-state index contributed by atoms with van der Waals surface area (Å²) < 4.78 is 27.2. The summed E-state index contributed by atoms with van der Waals surface area (Å²) in [4.78, 5) is 14.2. The molecule has 144 valence electrons. The highest BCUT2D eigenvalue weighted by Crippen LogP contribution is 2.15. The summed E-state index contributed by atoms with van der Waals surface area (Å²) in [6.07, 6.45) is 4.19. The molecule has 0 spiro atoms. The van der Waals surface area contributed by atoms with Gasteiger partial charge < -0.3 is 4.90 Å². The minimum absolute atomic E-state index is 0.0339. The number of hydrogen-bond donors (Lipinski definition) is 1. The summed E-state index contributed by atoms with van der Waals surface area (Å²) in [5, 5.41) is 0. The lowest BCUT2D eigenvalue weighted by Crippen LogP contribution is -2.36. The van der Waals surface area contributed by atoms with Gasteiger partial charge in [-0.3, -0.25) is 9.52 Å². The van der Waals surface area contributed by atoms with Crippen molar-refractivity contribution >= 4 is 21.6 Å². The number of piperidine rings is 1. The van der Waals surface area contributed by atoms with Gasteiger partial charge in [0.2, 0.25) is 15.9 Å². The number of rotatable bonds is 7. The molecule has 0 radical (unpaired) electrons. The Kier molecular flexibility index (Phi) is 6.50. The highest BCUT2D eigenvalue weighted by molar-refractivity contribution is 7.92. The van der Waals surface area contributed by atoms with Crippen LogP contribution in [-0.4, -0.2) is 38.1 Å². The van der Waals surface area contributed by atoms with Gasteiger partial charge in [0, 0.05) is 18.8 Å². The number of aryl methyl sites for hydroxylation is 1. The van der Waals surface area contributed by atoms with Gasteiger partial charge in [-0.2, -0.15) is 0 Å². The van der Waals surface area contributed by atoms with Gasteiger partial charge in [0.1, 0.15) is 0 Å². The maximum atomic E-state index is 12.3. The molecule has 1 N–H and O–H groups in total. The minimum Gasteiger partial charge on any atom is -0.342 e. The number of sulfonamides is 1. The van der Waals surface area contributed by atoms with E-state index in [0.29, 0.717) is 18.5 Å². The third kappa shape index (κ3) is 6.10. The van der Waals surface area contributed by atoms with Gasteiger partial charge in [-0.1, -0.05) is 42.5 Å². The predicted molar refractivity (Wildman–Crippen MR) is 108 cm³/mol. The van der Waals surface area contributed by atoms with Crippen molar-refractivity contribution in [2.75, 3.05) is 23.6 Å². The van der Waals surface area contributed by atoms with Crippen LogP contribution in [0.5, 0.6) is 0 Å². The molecule has 0 atom stereocenters. The van der Waals surface area contributed by atoms with E-state index in [4.69, 9.17) is 0 Å². The van der Waals surface area contributed by atoms with Crippen LogP contribution in [0.1, 0.15) is 30.4 Å². The second-order valence-corrected chi connectivity index (χ2v) is 8.81. The van der Waals surface area contributed by atoms with Crippen LogP contribution in [0.3, 0.4) is 0 Å². The van der Waals surface area contributed by atoms with Gasteiger partial charge in [0.25, 0.3) is 0 Å². The first-order valence-electron chi connectivity index (χ1n) is 9.43. The average Bonchev–Trinajstić information content (AvgIpc) is 2.69. The second kappa shape index (κ2) is 9.04. The lowest BCUT2D eigenvalue weighted by molar-refractivity contribution is -0.131. The van der Waals surface area contributed by atoms with Gasteiger partial charge in [-0.25, -0.2) is 8.42 Å². The fraction of sp³-hybridized carbons (Fsp3) is 0.381. The first-order chi connectivity index (χ1) is 13.0. The molecule has 2 aromatic carbocycles. The van der Waals surface area contributed by atoms with Crippen molar-refractivity contribution in [3.63, 3.8) is 0 Å². The number of amides is 1. The van der Waals surface area contributed by atoms with Gasteiger partial charge in [-0.05, 0) is 48.9 Å². The third-order valence-electron chi connectivity index (χ3n) is 4.79. The molecule has 0 unspecified atom stereocenters. The van der Waals surface area contributed by atoms with Gasteiger partial charge >= 0.3 is 0 Å². The van der Waals surface area contributed by atoms with Gasteiger partial charge in [-0.15, -0.1) is 0 Å². The van der Waals surface area contributed by atoms with Crippen LogP contribution in [0.25, 0.3) is 0 Å². The quantitative estimate of drug-likeness (QED) is 0.794. The second-order valence-electron chi connectivity index (χ2n) is 6.97. The molecular formula is C21H26N2O3S. The number of carbonyl (C=O) groups is 1. The highest BCUT2D eigenvalue weighted by Gasteiger charge is 2.17. The topological polar surface area (TPSA) is 66.5 Å². The fourth-order valence-electron chi connectivity index (χ4n) is 3.25. The summed E-state index contributed by atoms with van der Waals surface area (Å²) in [6.45, 7) is 1.69. The van der Waals surface area contributed by atoms with E-state index in [0.717, 1.165) is 37.1 Å². The molecule has 5 nitrogen and oxygen atoms in total. The average molecular weight is 387 g/mol. The SMILES string of the molecule is O=C(Cc1ccc(NS(=O)(=O)CCc2ccccc2)cc1)N1CCCCC1. The number of likely N-dealkylation sites (tertiary alicyclic amines) is 1. The Morgan fingerprint density at radius 3 is 2.22 bits per heavy atom. The lowest BCUT2D eigenvalue weighted by Gasteiger charge is -2.26. The molecule has 0 aliphatic carbocycles. The Morgan fingerprint density at radius 2 is 1.56 bits per heavy atom. The molecule has 3 rings (SSSR count). The lowest BCUT2D eigenvalue weighted by atomic mass is 10.1. The van der Waals surface area contributed by atoms with Crippen molar-refractivity contribution in [3.05, 3.63) is 65.7 Å².